The van der Waals surface area contributed by atoms with Crippen LogP contribution in [-0.4, -0.2) is 40.9 Å². The molecule has 0 aliphatic carbocycles. The van der Waals surface area contributed by atoms with Crippen molar-refractivity contribution < 1.29 is 24.3 Å². The van der Waals surface area contributed by atoms with Crippen LogP contribution in [0.25, 0.3) is 32.3 Å². The molecule has 5 rings (SSSR count). The molecule has 0 spiro atoms. The van der Waals surface area contributed by atoms with E-state index >= 15 is 0 Å². The van der Waals surface area contributed by atoms with Crippen molar-refractivity contribution in [2.24, 2.45) is 0 Å². The summed E-state index contributed by atoms with van der Waals surface area (Å²) in [5.74, 6) is 0.323. The van der Waals surface area contributed by atoms with Crippen molar-refractivity contribution in [3.8, 4) is 5.75 Å². The van der Waals surface area contributed by atoms with E-state index < -0.39 is 0 Å². The van der Waals surface area contributed by atoms with E-state index in [-0.39, 0.29) is 24.8 Å². The van der Waals surface area contributed by atoms with Crippen LogP contribution in [-0.2, 0) is 19.2 Å². The summed E-state index contributed by atoms with van der Waals surface area (Å²) in [5.41, 5.74) is 2.49. The number of halogens is 2. The van der Waals surface area contributed by atoms with Crippen LogP contribution in [0.3, 0.4) is 0 Å². The van der Waals surface area contributed by atoms with Crippen LogP contribution in [0.1, 0.15) is 13.8 Å². The summed E-state index contributed by atoms with van der Waals surface area (Å²) in [6.45, 7) is 10.0. The third kappa shape index (κ3) is 10.2. The maximum atomic E-state index is 9.13. The SMILES string of the molecule is CN(C)c1ccc2c(c1)[cH-]c1cc(N(C)C)ccc12.Cl.Cl.Oc1ccc2ccccc2c1.[CH2-]C.[CH2-]C.[Si]=[Ti]. The third-order valence-corrected chi connectivity index (χ3v) is 5.44. The van der Waals surface area contributed by atoms with Crippen molar-refractivity contribution in [1.82, 2.24) is 0 Å². The number of hydrogen-bond donors (Lipinski definition) is 1. The average Bonchev–Trinajstić information content (AvgIpc) is 3.29. The molecule has 0 atom stereocenters. The van der Waals surface area contributed by atoms with Gasteiger partial charge in [0.1, 0.15) is 5.75 Å². The summed E-state index contributed by atoms with van der Waals surface area (Å²) in [6, 6.07) is 28.9. The summed E-state index contributed by atoms with van der Waals surface area (Å²) in [4.78, 5) is 4.28. The van der Waals surface area contributed by atoms with Crippen LogP contribution in [0.4, 0.5) is 11.4 Å². The van der Waals surface area contributed by atoms with Gasteiger partial charge in [-0.15, -0.1) is 52.4 Å². The van der Waals surface area contributed by atoms with Gasteiger partial charge in [0.05, 0.1) is 0 Å². The van der Waals surface area contributed by atoms with E-state index in [1.165, 1.54) is 32.9 Å². The van der Waals surface area contributed by atoms with E-state index in [1.54, 1.807) is 45.2 Å². The molecular formula is C31H39Cl2N2OSiTi-3. The zero-order valence-corrected chi connectivity index (χ0v) is 27.3. The van der Waals surface area contributed by atoms with Crippen LogP contribution in [0, 0.1) is 13.8 Å². The van der Waals surface area contributed by atoms with Crippen LogP contribution in [0.5, 0.6) is 5.75 Å². The Bertz CT molecular complexity index is 1290. The summed E-state index contributed by atoms with van der Waals surface area (Å²) in [5, 5.41) is 16.7. The Morgan fingerprint density at radius 3 is 1.47 bits per heavy atom. The number of benzene rings is 4. The standard InChI is InChI=1S/C17H19N2.C10H8O.2C2H5.2ClH.Si.Ti/c1-18(2)14-5-7-16-12(10-14)9-13-11-15(19(3)4)6-8-17(13)16;11-10-6-5-8-3-1-2-4-9(8)7-10;2*1-2;;;;/h5-11H,1-4H3;1-7,11H;2*1H2,2H3;2*1H;;/q-1;;2*-1;;;;. The molecule has 204 valence electrons. The quantitative estimate of drug-likeness (QED) is 0.162. The van der Waals surface area contributed by atoms with Gasteiger partial charge in [-0.2, -0.15) is 13.8 Å². The molecule has 5 aromatic rings. The number of hydrogen-bond acceptors (Lipinski definition) is 3. The molecule has 7 heteroatoms. The summed E-state index contributed by atoms with van der Waals surface area (Å²) >= 11 is 1.81. The molecule has 0 aromatic heterocycles. The van der Waals surface area contributed by atoms with E-state index in [2.05, 4.69) is 102 Å². The summed E-state index contributed by atoms with van der Waals surface area (Å²) < 4.78 is 0. The Morgan fingerprint density at radius 2 is 1.05 bits per heavy atom. The topological polar surface area (TPSA) is 26.7 Å². The van der Waals surface area contributed by atoms with Gasteiger partial charge in [-0.3, -0.25) is 0 Å². The normalized spacial score (nSPS) is 8.92. The van der Waals surface area contributed by atoms with Crippen molar-refractivity contribution >= 4 is 76.1 Å². The van der Waals surface area contributed by atoms with Gasteiger partial charge >= 0.3 is 26.8 Å². The Balaban J connectivity index is 0. The summed E-state index contributed by atoms with van der Waals surface area (Å²) in [6.07, 6.45) is 0. The monoisotopic (exact) mass is 601 g/mol. The first-order chi connectivity index (χ1) is 17.4. The molecule has 0 aliphatic rings. The number of aromatic hydroxyl groups is 1. The van der Waals surface area contributed by atoms with Gasteiger partial charge in [0.15, 0.2) is 0 Å². The van der Waals surface area contributed by atoms with Crippen molar-refractivity contribution in [3.05, 3.63) is 98.8 Å². The van der Waals surface area contributed by atoms with Gasteiger partial charge in [-0.1, -0.05) is 66.7 Å². The van der Waals surface area contributed by atoms with Gasteiger partial charge < -0.3 is 28.8 Å². The zero-order chi connectivity index (χ0) is 27.3. The molecular weight excluding hydrogens is 563 g/mol. The van der Waals surface area contributed by atoms with Crippen molar-refractivity contribution in [3.63, 3.8) is 0 Å². The first-order valence-electron chi connectivity index (χ1n) is 11.7. The maximum absolute atomic E-state index is 9.13. The molecule has 0 saturated carbocycles. The minimum atomic E-state index is 0. The second-order valence-electron chi connectivity index (χ2n) is 8.01. The zero-order valence-electron chi connectivity index (χ0n) is 23.2. The molecule has 5 aromatic carbocycles. The molecule has 0 bridgehead atoms. The van der Waals surface area contributed by atoms with Gasteiger partial charge in [-0.05, 0) is 22.9 Å². The minimum absolute atomic E-state index is 0. The number of fused-ring (bicyclic) bond motifs is 4. The molecule has 0 unspecified atom stereocenters. The fraction of sp³-hybridized carbons (Fsp3) is 0.194. The van der Waals surface area contributed by atoms with E-state index in [4.69, 9.17) is 5.11 Å². The predicted molar refractivity (Wildman–Crippen MR) is 174 cm³/mol. The number of anilines is 2. The van der Waals surface area contributed by atoms with Crippen LogP contribution in [0.15, 0.2) is 84.9 Å². The molecule has 0 saturated heterocycles. The molecule has 0 fully saturated rings. The second kappa shape index (κ2) is 19.9. The van der Waals surface area contributed by atoms with Crippen molar-refractivity contribution in [1.29, 1.82) is 0 Å². The summed E-state index contributed by atoms with van der Waals surface area (Å²) in [7, 11) is 11.3. The van der Waals surface area contributed by atoms with E-state index in [9.17, 15) is 0 Å². The number of phenolic OH excluding ortho intramolecular Hbond substituents is 1. The van der Waals surface area contributed by atoms with Crippen LogP contribution >= 0.6 is 24.8 Å². The molecule has 0 aliphatic heterocycles. The molecule has 1 N–H and O–H groups in total. The van der Waals surface area contributed by atoms with E-state index in [0.717, 1.165) is 10.8 Å². The Morgan fingerprint density at radius 1 is 0.632 bits per heavy atom. The molecule has 38 heavy (non-hydrogen) atoms. The average molecular weight is 603 g/mol. The first kappa shape index (κ1) is 38.1. The molecule has 0 heterocycles. The fourth-order valence-electron chi connectivity index (χ4n) is 3.73. The number of nitrogens with zero attached hydrogens (tertiary/aromatic N) is 2. The van der Waals surface area contributed by atoms with Gasteiger partial charge in [0.2, 0.25) is 0 Å². The number of phenols is 1. The molecule has 0 amide bonds. The van der Waals surface area contributed by atoms with Crippen molar-refractivity contribution in [2.45, 2.75) is 13.8 Å². The van der Waals surface area contributed by atoms with E-state index in [1.807, 2.05) is 30.3 Å². The van der Waals surface area contributed by atoms with Gasteiger partial charge in [0, 0.05) is 39.6 Å². The molecule has 2 radical (unpaired) electrons. The van der Waals surface area contributed by atoms with Crippen LogP contribution < -0.4 is 9.80 Å². The molecule has 3 nitrogen and oxygen atoms in total. The Hall–Kier alpha value is -2.08. The Kier molecular flexibility index (Phi) is 19.9. The predicted octanol–water partition coefficient (Wildman–Crippen LogP) is 8.53. The fourth-order valence-corrected chi connectivity index (χ4v) is 3.73. The van der Waals surface area contributed by atoms with Crippen molar-refractivity contribution in [2.75, 3.05) is 38.0 Å². The Labute approximate surface area is 255 Å². The second-order valence-corrected chi connectivity index (χ2v) is 8.01. The number of rotatable bonds is 2. The third-order valence-electron chi connectivity index (χ3n) is 5.44. The van der Waals surface area contributed by atoms with Crippen LogP contribution in [0.2, 0.25) is 0 Å². The first-order valence-corrected chi connectivity index (χ1v) is 14.6. The van der Waals surface area contributed by atoms with E-state index in [0.29, 0.717) is 5.75 Å². The van der Waals surface area contributed by atoms with Gasteiger partial charge in [0.25, 0.3) is 0 Å². The van der Waals surface area contributed by atoms with Gasteiger partial charge in [-0.25, -0.2) is 0 Å².